The maximum atomic E-state index is 13.8. The van der Waals surface area contributed by atoms with Crippen LogP contribution in [0.25, 0.3) is 10.2 Å². The number of carbonyl (C=O) groups is 1. The summed E-state index contributed by atoms with van der Waals surface area (Å²) >= 11 is 1.57. The second kappa shape index (κ2) is 9.79. The summed E-state index contributed by atoms with van der Waals surface area (Å²) in [6, 6.07) is 10.2. The summed E-state index contributed by atoms with van der Waals surface area (Å²) in [4.78, 5) is 23.0. The molecule has 6 nitrogen and oxygen atoms in total. The highest BCUT2D eigenvalue weighted by molar-refractivity contribution is 7.22. The normalized spacial score (nSPS) is 16.5. The minimum absolute atomic E-state index is 0.0207. The van der Waals surface area contributed by atoms with Gasteiger partial charge in [-0.3, -0.25) is 14.6 Å². The van der Waals surface area contributed by atoms with Crippen LogP contribution in [0.15, 0.2) is 30.3 Å². The summed E-state index contributed by atoms with van der Waals surface area (Å²) in [6.45, 7) is 6.75. The number of aromatic nitrogens is 1. The number of methoxy groups -OCH3 is 1. The van der Waals surface area contributed by atoms with Crippen molar-refractivity contribution < 1.29 is 14.3 Å². The third-order valence-electron chi connectivity index (χ3n) is 6.73. The van der Waals surface area contributed by atoms with Crippen LogP contribution >= 0.6 is 11.3 Å². The molecule has 5 rings (SSSR count). The first-order chi connectivity index (χ1) is 16.1. The summed E-state index contributed by atoms with van der Waals surface area (Å²) in [7, 11) is 1.66. The number of hydrogen-bond acceptors (Lipinski definition) is 6. The van der Waals surface area contributed by atoms with Gasteiger partial charge in [0.25, 0.3) is 5.91 Å². The number of anilines is 1. The van der Waals surface area contributed by atoms with Gasteiger partial charge in [-0.05, 0) is 67.5 Å². The Kier molecular flexibility index (Phi) is 6.62. The number of benzene rings is 2. The van der Waals surface area contributed by atoms with Crippen LogP contribution in [0, 0.1) is 6.92 Å². The van der Waals surface area contributed by atoms with Crippen LogP contribution in [0.3, 0.4) is 0 Å². The Labute approximate surface area is 199 Å². The summed E-state index contributed by atoms with van der Waals surface area (Å²) < 4.78 is 12.1. The quantitative estimate of drug-likeness (QED) is 0.538. The Morgan fingerprint density at radius 2 is 1.94 bits per heavy atom. The lowest BCUT2D eigenvalue weighted by atomic mass is 9.90. The van der Waals surface area contributed by atoms with Gasteiger partial charge in [0, 0.05) is 31.7 Å². The van der Waals surface area contributed by atoms with Crippen LogP contribution in [0.5, 0.6) is 5.75 Å². The molecule has 174 valence electrons. The van der Waals surface area contributed by atoms with Crippen LogP contribution in [0.1, 0.15) is 39.9 Å². The fourth-order valence-corrected chi connectivity index (χ4v) is 5.83. The fourth-order valence-electron chi connectivity index (χ4n) is 4.75. The predicted octanol–water partition coefficient (Wildman–Crippen LogP) is 4.47. The van der Waals surface area contributed by atoms with Crippen molar-refractivity contribution in [3.8, 4) is 5.75 Å². The smallest absolute Gasteiger partial charge is 0.260 e. The van der Waals surface area contributed by atoms with Crippen molar-refractivity contribution in [1.82, 2.24) is 9.88 Å². The molecule has 2 heterocycles. The molecule has 7 heteroatoms. The van der Waals surface area contributed by atoms with E-state index in [0.29, 0.717) is 6.54 Å². The molecule has 1 amide bonds. The molecule has 0 N–H and O–H groups in total. The molecule has 0 atom stereocenters. The molecule has 0 bridgehead atoms. The Balaban J connectivity index is 1.49. The molecule has 1 fully saturated rings. The summed E-state index contributed by atoms with van der Waals surface area (Å²) in [5.41, 5.74) is 5.43. The first-order valence-corrected chi connectivity index (χ1v) is 12.6. The lowest BCUT2D eigenvalue weighted by Gasteiger charge is -2.29. The van der Waals surface area contributed by atoms with Crippen LogP contribution in [0.2, 0.25) is 0 Å². The Bertz CT molecular complexity index is 1150. The van der Waals surface area contributed by atoms with E-state index in [4.69, 9.17) is 14.5 Å². The third-order valence-corrected chi connectivity index (χ3v) is 7.94. The highest BCUT2D eigenvalue weighted by Gasteiger charge is 2.25. The van der Waals surface area contributed by atoms with Gasteiger partial charge in [0.05, 0.1) is 25.0 Å². The van der Waals surface area contributed by atoms with Gasteiger partial charge in [0.15, 0.2) is 5.13 Å². The van der Waals surface area contributed by atoms with Gasteiger partial charge in [-0.1, -0.05) is 23.5 Å². The lowest BCUT2D eigenvalue weighted by molar-refractivity contribution is 0.0391. The van der Waals surface area contributed by atoms with Crippen LogP contribution in [-0.2, 0) is 17.6 Å². The fraction of sp³-hybridized carbons (Fsp3) is 0.462. The van der Waals surface area contributed by atoms with Gasteiger partial charge in [0.2, 0.25) is 0 Å². The maximum absolute atomic E-state index is 13.8. The molecule has 1 aliphatic heterocycles. The molecule has 2 aliphatic rings. The number of fused-ring (bicyclic) bond motifs is 2. The highest BCUT2D eigenvalue weighted by atomic mass is 32.1. The van der Waals surface area contributed by atoms with E-state index in [2.05, 4.69) is 24.0 Å². The highest BCUT2D eigenvalue weighted by Crippen LogP contribution is 2.37. The minimum atomic E-state index is 0.0207. The van der Waals surface area contributed by atoms with Crippen molar-refractivity contribution in [3.63, 3.8) is 0 Å². The van der Waals surface area contributed by atoms with Gasteiger partial charge in [-0.25, -0.2) is 4.98 Å². The number of nitrogens with zero attached hydrogens (tertiary/aromatic N) is 3. The molecule has 1 aromatic heterocycles. The van der Waals surface area contributed by atoms with E-state index in [0.717, 1.165) is 77.9 Å². The number of carbonyl (C=O) groups excluding carboxylic acids is 1. The average molecular weight is 466 g/mol. The number of morpholine rings is 1. The number of thiazole rings is 1. The standard InChI is InChI=1S/C26H31N3O3S/c1-18-7-10-22(31-2)23-24(18)33-26(27-23)29(12-11-28-13-15-32-16-14-28)25(30)21-9-8-19-5-3-4-6-20(19)17-21/h7-10,17H,3-6,11-16H2,1-2H3. The van der Waals surface area contributed by atoms with E-state index in [-0.39, 0.29) is 5.91 Å². The molecule has 33 heavy (non-hydrogen) atoms. The topological polar surface area (TPSA) is 54.9 Å². The van der Waals surface area contributed by atoms with E-state index < -0.39 is 0 Å². The van der Waals surface area contributed by atoms with Crippen LogP contribution in [-0.4, -0.2) is 62.3 Å². The van der Waals surface area contributed by atoms with Gasteiger partial charge in [-0.15, -0.1) is 0 Å². The first-order valence-electron chi connectivity index (χ1n) is 11.8. The molecule has 3 aromatic rings. The molecule has 0 spiro atoms. The largest absolute Gasteiger partial charge is 0.494 e. The number of rotatable bonds is 6. The molecule has 0 radical (unpaired) electrons. The summed E-state index contributed by atoms with van der Waals surface area (Å²) in [6.07, 6.45) is 4.60. The van der Waals surface area contributed by atoms with E-state index in [1.54, 1.807) is 18.4 Å². The van der Waals surface area contributed by atoms with E-state index in [1.807, 2.05) is 23.1 Å². The van der Waals surface area contributed by atoms with Crippen molar-refractivity contribution in [2.24, 2.45) is 0 Å². The van der Waals surface area contributed by atoms with Gasteiger partial charge in [0.1, 0.15) is 11.3 Å². The summed E-state index contributed by atoms with van der Waals surface area (Å²) in [5.74, 6) is 0.764. The second-order valence-corrected chi connectivity index (χ2v) is 9.84. The first kappa shape index (κ1) is 22.3. The molecule has 2 aromatic carbocycles. The zero-order valence-electron chi connectivity index (χ0n) is 19.4. The van der Waals surface area contributed by atoms with Gasteiger partial charge < -0.3 is 9.47 Å². The Hall–Kier alpha value is -2.48. The number of amides is 1. The van der Waals surface area contributed by atoms with Crippen LogP contribution in [0.4, 0.5) is 5.13 Å². The van der Waals surface area contributed by atoms with E-state index in [1.165, 1.54) is 24.0 Å². The maximum Gasteiger partial charge on any atom is 0.260 e. The van der Waals surface area contributed by atoms with Crippen molar-refractivity contribution in [2.75, 3.05) is 51.4 Å². The Morgan fingerprint density at radius 3 is 2.73 bits per heavy atom. The van der Waals surface area contributed by atoms with Crippen molar-refractivity contribution >= 4 is 32.6 Å². The monoisotopic (exact) mass is 465 g/mol. The number of aryl methyl sites for hydroxylation is 3. The van der Waals surface area contributed by atoms with Crippen LogP contribution < -0.4 is 9.64 Å². The minimum Gasteiger partial charge on any atom is -0.494 e. The summed E-state index contributed by atoms with van der Waals surface area (Å²) in [5, 5.41) is 0.730. The molecule has 0 saturated carbocycles. The molecule has 1 aliphatic carbocycles. The third kappa shape index (κ3) is 4.63. The lowest BCUT2D eigenvalue weighted by Crippen LogP contribution is -2.43. The SMILES string of the molecule is COc1ccc(C)c2sc(N(CCN3CCOCC3)C(=O)c3ccc4c(c3)CCCC4)nc12. The molecule has 1 saturated heterocycles. The Morgan fingerprint density at radius 1 is 1.15 bits per heavy atom. The van der Waals surface area contributed by atoms with Crippen molar-refractivity contribution in [2.45, 2.75) is 32.6 Å². The van der Waals surface area contributed by atoms with Gasteiger partial charge in [-0.2, -0.15) is 0 Å². The zero-order valence-corrected chi connectivity index (χ0v) is 20.2. The van der Waals surface area contributed by atoms with Crippen molar-refractivity contribution in [1.29, 1.82) is 0 Å². The average Bonchev–Trinajstić information content (AvgIpc) is 3.31. The zero-order chi connectivity index (χ0) is 22.8. The number of hydrogen-bond donors (Lipinski definition) is 0. The molecular formula is C26H31N3O3S. The van der Waals surface area contributed by atoms with E-state index >= 15 is 0 Å². The van der Waals surface area contributed by atoms with Crippen molar-refractivity contribution in [3.05, 3.63) is 52.6 Å². The second-order valence-electron chi connectivity index (χ2n) is 8.86. The van der Waals surface area contributed by atoms with Gasteiger partial charge >= 0.3 is 0 Å². The number of ether oxygens (including phenoxy) is 2. The van der Waals surface area contributed by atoms with E-state index in [9.17, 15) is 4.79 Å². The molecular weight excluding hydrogens is 434 g/mol. The molecule has 0 unspecified atom stereocenters. The predicted molar refractivity (Wildman–Crippen MR) is 133 cm³/mol.